The van der Waals surface area contributed by atoms with Gasteiger partial charge in [-0.1, -0.05) is 26.0 Å². The van der Waals surface area contributed by atoms with Crippen LogP contribution in [-0.4, -0.2) is 25.7 Å². The summed E-state index contributed by atoms with van der Waals surface area (Å²) in [6, 6.07) is 6.23. The van der Waals surface area contributed by atoms with Crippen molar-refractivity contribution in [3.05, 3.63) is 29.6 Å². The molecular weight excluding hydrogens is 227 g/mol. The summed E-state index contributed by atoms with van der Waals surface area (Å²) >= 11 is 0. The van der Waals surface area contributed by atoms with Crippen molar-refractivity contribution >= 4 is 5.69 Å². The molecule has 2 atom stereocenters. The number of halogens is 1. The number of piperidine rings is 1. The Morgan fingerprint density at radius 2 is 2.22 bits per heavy atom. The summed E-state index contributed by atoms with van der Waals surface area (Å²) in [4.78, 5) is 2.18. The van der Waals surface area contributed by atoms with Gasteiger partial charge >= 0.3 is 0 Å². The molecule has 1 saturated heterocycles. The summed E-state index contributed by atoms with van der Waals surface area (Å²) in [5.41, 5.74) is 1.49. The minimum Gasteiger partial charge on any atom is -0.369 e. The lowest BCUT2D eigenvalue weighted by Crippen LogP contribution is -2.48. The molecule has 0 bridgehead atoms. The molecule has 2 rings (SSSR count). The summed E-state index contributed by atoms with van der Waals surface area (Å²) in [6.45, 7) is 9.08. The first-order valence-corrected chi connectivity index (χ1v) is 6.87. The Kier molecular flexibility index (Phi) is 4.23. The third-order valence-corrected chi connectivity index (χ3v) is 3.88. The minimum absolute atomic E-state index is 0.0633. The summed E-state index contributed by atoms with van der Waals surface area (Å²) in [7, 11) is 0. The number of rotatable bonds is 3. The Labute approximate surface area is 109 Å². The molecule has 2 nitrogen and oxygen atoms in total. The van der Waals surface area contributed by atoms with Gasteiger partial charge in [-0.15, -0.1) is 0 Å². The monoisotopic (exact) mass is 250 g/mol. The molecule has 1 N–H and O–H groups in total. The maximum absolute atomic E-state index is 14.1. The van der Waals surface area contributed by atoms with Crippen molar-refractivity contribution in [1.29, 1.82) is 0 Å². The van der Waals surface area contributed by atoms with Crippen molar-refractivity contribution < 1.29 is 4.39 Å². The topological polar surface area (TPSA) is 15.3 Å². The van der Waals surface area contributed by atoms with E-state index in [0.29, 0.717) is 12.0 Å². The average Bonchev–Trinajstić information content (AvgIpc) is 2.35. The van der Waals surface area contributed by atoms with E-state index >= 15 is 0 Å². The van der Waals surface area contributed by atoms with Crippen molar-refractivity contribution in [3.8, 4) is 0 Å². The van der Waals surface area contributed by atoms with Gasteiger partial charge in [-0.05, 0) is 37.4 Å². The molecule has 0 aliphatic carbocycles. The van der Waals surface area contributed by atoms with Crippen LogP contribution in [0, 0.1) is 18.7 Å². The molecule has 0 amide bonds. The van der Waals surface area contributed by atoms with Gasteiger partial charge in [0.1, 0.15) is 5.82 Å². The minimum atomic E-state index is -0.0633. The van der Waals surface area contributed by atoms with Crippen LogP contribution in [0.2, 0.25) is 0 Å². The molecule has 0 aromatic heterocycles. The van der Waals surface area contributed by atoms with Crippen LogP contribution in [0.5, 0.6) is 0 Å². The van der Waals surface area contributed by atoms with Crippen LogP contribution in [-0.2, 0) is 0 Å². The van der Waals surface area contributed by atoms with Crippen LogP contribution in [0.4, 0.5) is 10.1 Å². The highest BCUT2D eigenvalue weighted by Crippen LogP contribution is 2.27. The summed E-state index contributed by atoms with van der Waals surface area (Å²) in [6.07, 6.45) is 1.09. The van der Waals surface area contributed by atoms with Crippen LogP contribution in [0.1, 0.15) is 25.8 Å². The number of benzene rings is 1. The largest absolute Gasteiger partial charge is 0.369 e. The summed E-state index contributed by atoms with van der Waals surface area (Å²) < 4.78 is 14.1. The van der Waals surface area contributed by atoms with Crippen molar-refractivity contribution in [3.63, 3.8) is 0 Å². The van der Waals surface area contributed by atoms with Gasteiger partial charge in [-0.3, -0.25) is 0 Å². The van der Waals surface area contributed by atoms with Crippen molar-refractivity contribution in [2.24, 2.45) is 5.92 Å². The summed E-state index contributed by atoms with van der Waals surface area (Å²) in [5, 5.41) is 3.51. The molecule has 2 unspecified atom stereocenters. The van der Waals surface area contributed by atoms with E-state index in [1.807, 2.05) is 25.1 Å². The molecule has 0 radical (unpaired) electrons. The van der Waals surface area contributed by atoms with Crippen LogP contribution in [0.3, 0.4) is 0 Å². The van der Waals surface area contributed by atoms with Gasteiger partial charge in [-0.25, -0.2) is 4.39 Å². The molecule has 1 heterocycles. The fourth-order valence-corrected chi connectivity index (χ4v) is 2.81. The number of aryl methyl sites for hydroxylation is 1. The third kappa shape index (κ3) is 2.66. The van der Waals surface area contributed by atoms with Gasteiger partial charge in [0.05, 0.1) is 5.69 Å². The smallest absolute Gasteiger partial charge is 0.149 e. The van der Waals surface area contributed by atoms with Crippen molar-refractivity contribution in [1.82, 2.24) is 5.32 Å². The number of nitrogens with zero attached hydrogens (tertiary/aromatic N) is 1. The van der Waals surface area contributed by atoms with E-state index in [-0.39, 0.29) is 5.82 Å². The second-order valence-corrected chi connectivity index (χ2v) is 5.28. The fourth-order valence-electron chi connectivity index (χ4n) is 2.81. The molecule has 100 valence electrons. The molecule has 1 aromatic carbocycles. The lowest BCUT2D eigenvalue weighted by atomic mass is 9.93. The molecule has 1 fully saturated rings. The summed E-state index contributed by atoms with van der Waals surface area (Å²) in [5.74, 6) is 0.491. The fraction of sp³-hybridized carbons (Fsp3) is 0.600. The average molecular weight is 250 g/mol. The van der Waals surface area contributed by atoms with E-state index in [9.17, 15) is 4.39 Å². The van der Waals surface area contributed by atoms with Gasteiger partial charge in [0.25, 0.3) is 0 Å². The van der Waals surface area contributed by atoms with Crippen LogP contribution in [0.15, 0.2) is 18.2 Å². The second-order valence-electron chi connectivity index (χ2n) is 5.28. The Bertz CT molecular complexity index is 405. The first-order chi connectivity index (χ1) is 8.63. The maximum Gasteiger partial charge on any atom is 0.149 e. The zero-order chi connectivity index (χ0) is 13.1. The maximum atomic E-state index is 14.1. The zero-order valence-electron chi connectivity index (χ0n) is 11.5. The molecule has 0 saturated carbocycles. The molecule has 1 aliphatic rings. The van der Waals surface area contributed by atoms with Crippen molar-refractivity contribution in [2.45, 2.75) is 33.2 Å². The first kappa shape index (κ1) is 13.3. The highest BCUT2D eigenvalue weighted by Gasteiger charge is 2.26. The van der Waals surface area contributed by atoms with E-state index < -0.39 is 0 Å². The number of hydrogen-bond donors (Lipinski definition) is 1. The van der Waals surface area contributed by atoms with Gasteiger partial charge in [0.15, 0.2) is 0 Å². The highest BCUT2D eigenvalue weighted by molar-refractivity contribution is 5.50. The number of anilines is 1. The van der Waals surface area contributed by atoms with Crippen molar-refractivity contribution in [2.75, 3.05) is 24.5 Å². The molecule has 0 spiro atoms. The van der Waals surface area contributed by atoms with Gasteiger partial charge in [0, 0.05) is 19.1 Å². The zero-order valence-corrected chi connectivity index (χ0v) is 11.5. The Balaban J connectivity index is 2.10. The molecular formula is C15H23FN2. The van der Waals surface area contributed by atoms with E-state index in [4.69, 9.17) is 0 Å². The SMILES string of the molecule is CCNC1CCN(c2cccc(C)c2F)CC1C. The molecule has 1 aromatic rings. The van der Waals surface area contributed by atoms with Gasteiger partial charge < -0.3 is 10.2 Å². The van der Waals surface area contributed by atoms with E-state index in [1.54, 1.807) is 0 Å². The molecule has 3 heteroatoms. The van der Waals surface area contributed by atoms with Gasteiger partial charge in [0.2, 0.25) is 0 Å². The van der Waals surface area contributed by atoms with Crippen LogP contribution in [0.25, 0.3) is 0 Å². The lowest BCUT2D eigenvalue weighted by Gasteiger charge is -2.38. The predicted molar refractivity (Wildman–Crippen MR) is 74.6 cm³/mol. The van der Waals surface area contributed by atoms with Gasteiger partial charge in [-0.2, -0.15) is 0 Å². The standard InChI is InChI=1S/C15H23FN2/c1-4-17-13-8-9-18(10-12(13)3)14-7-5-6-11(2)15(14)16/h5-7,12-13,17H,4,8-10H2,1-3H3. The van der Waals surface area contributed by atoms with Crippen LogP contribution < -0.4 is 10.2 Å². The van der Waals surface area contributed by atoms with Crippen LogP contribution >= 0.6 is 0 Å². The predicted octanol–water partition coefficient (Wildman–Crippen LogP) is 2.96. The number of nitrogens with one attached hydrogen (secondary N) is 1. The Hall–Kier alpha value is -1.09. The Morgan fingerprint density at radius 1 is 1.44 bits per heavy atom. The normalized spacial score (nSPS) is 24.3. The third-order valence-electron chi connectivity index (χ3n) is 3.88. The Morgan fingerprint density at radius 3 is 2.89 bits per heavy atom. The van der Waals surface area contributed by atoms with E-state index in [0.717, 1.165) is 37.3 Å². The van der Waals surface area contributed by atoms with E-state index in [1.165, 1.54) is 0 Å². The molecule has 18 heavy (non-hydrogen) atoms. The lowest BCUT2D eigenvalue weighted by molar-refractivity contribution is 0.325. The number of hydrogen-bond acceptors (Lipinski definition) is 2. The highest BCUT2D eigenvalue weighted by atomic mass is 19.1. The first-order valence-electron chi connectivity index (χ1n) is 6.87. The molecule has 1 aliphatic heterocycles. The quantitative estimate of drug-likeness (QED) is 0.887. The van der Waals surface area contributed by atoms with E-state index in [2.05, 4.69) is 24.1 Å². The second kappa shape index (κ2) is 5.70.